The van der Waals surface area contributed by atoms with Crippen molar-refractivity contribution >= 4 is 23.6 Å². The first-order chi connectivity index (χ1) is 16.4. The average molecular weight is 466 g/mol. The number of anilines is 1. The molecule has 3 amide bonds. The fourth-order valence-corrected chi connectivity index (χ4v) is 4.27. The SMILES string of the molecule is CCC(=O)Nc1cccc([C@@H]2OC(=O)N(Cc3ccc(C)cc3)[C@H]2C(=O)NC[C@H]2CCCO2)c1. The molecule has 34 heavy (non-hydrogen) atoms. The molecule has 0 spiro atoms. The van der Waals surface area contributed by atoms with Gasteiger partial charge >= 0.3 is 6.09 Å². The van der Waals surface area contributed by atoms with E-state index in [2.05, 4.69) is 10.6 Å². The van der Waals surface area contributed by atoms with Crippen LogP contribution in [0.1, 0.15) is 49.0 Å². The molecule has 2 N–H and O–H groups in total. The summed E-state index contributed by atoms with van der Waals surface area (Å²) in [6.45, 7) is 5.11. The van der Waals surface area contributed by atoms with Gasteiger partial charge in [-0.1, -0.05) is 48.9 Å². The molecule has 0 radical (unpaired) electrons. The lowest BCUT2D eigenvalue weighted by molar-refractivity contribution is -0.127. The van der Waals surface area contributed by atoms with Gasteiger partial charge in [0.2, 0.25) is 11.8 Å². The molecule has 2 aliphatic rings. The topological polar surface area (TPSA) is 97.0 Å². The fourth-order valence-electron chi connectivity index (χ4n) is 4.27. The first kappa shape index (κ1) is 23.8. The number of carbonyl (C=O) groups excluding carboxylic acids is 3. The third kappa shape index (κ3) is 5.56. The monoisotopic (exact) mass is 465 g/mol. The molecule has 8 nitrogen and oxygen atoms in total. The van der Waals surface area contributed by atoms with Gasteiger partial charge in [0.15, 0.2) is 12.1 Å². The second-order valence-corrected chi connectivity index (χ2v) is 8.77. The van der Waals surface area contributed by atoms with Gasteiger partial charge in [-0.2, -0.15) is 0 Å². The largest absolute Gasteiger partial charge is 0.438 e. The van der Waals surface area contributed by atoms with Crippen LogP contribution in [0.3, 0.4) is 0 Å². The zero-order valence-corrected chi connectivity index (χ0v) is 19.6. The van der Waals surface area contributed by atoms with Crippen LogP contribution < -0.4 is 10.6 Å². The normalized spacial score (nSPS) is 21.9. The number of nitrogens with zero attached hydrogens (tertiary/aromatic N) is 1. The lowest BCUT2D eigenvalue weighted by Crippen LogP contribution is -2.47. The second-order valence-electron chi connectivity index (χ2n) is 8.77. The Labute approximate surface area is 199 Å². The van der Waals surface area contributed by atoms with Gasteiger partial charge in [-0.25, -0.2) is 4.79 Å². The maximum absolute atomic E-state index is 13.4. The van der Waals surface area contributed by atoms with Crippen LogP contribution in [0, 0.1) is 6.92 Å². The molecule has 3 atom stereocenters. The van der Waals surface area contributed by atoms with Crippen molar-refractivity contribution in [2.75, 3.05) is 18.5 Å². The summed E-state index contributed by atoms with van der Waals surface area (Å²) in [5.74, 6) is -0.408. The molecule has 2 aromatic carbocycles. The Balaban J connectivity index is 1.59. The number of ether oxygens (including phenoxy) is 2. The number of cyclic esters (lactones) is 1. The highest BCUT2D eigenvalue weighted by molar-refractivity contribution is 5.91. The van der Waals surface area contributed by atoms with E-state index in [1.807, 2.05) is 31.2 Å². The summed E-state index contributed by atoms with van der Waals surface area (Å²) < 4.78 is 11.4. The summed E-state index contributed by atoms with van der Waals surface area (Å²) in [5.41, 5.74) is 3.26. The van der Waals surface area contributed by atoms with E-state index in [9.17, 15) is 14.4 Å². The summed E-state index contributed by atoms with van der Waals surface area (Å²) in [6.07, 6.45) is 0.853. The number of aryl methyl sites for hydroxylation is 1. The van der Waals surface area contributed by atoms with Gasteiger partial charge in [-0.05, 0) is 43.0 Å². The molecule has 0 aliphatic carbocycles. The lowest BCUT2D eigenvalue weighted by Gasteiger charge is -2.25. The quantitative estimate of drug-likeness (QED) is 0.620. The first-order valence-corrected chi connectivity index (χ1v) is 11.8. The number of hydrogen-bond acceptors (Lipinski definition) is 5. The van der Waals surface area contributed by atoms with Gasteiger partial charge in [0, 0.05) is 25.3 Å². The second kappa shape index (κ2) is 10.7. The number of hydrogen-bond donors (Lipinski definition) is 2. The van der Waals surface area contributed by atoms with Crippen molar-refractivity contribution < 1.29 is 23.9 Å². The van der Waals surface area contributed by atoms with Gasteiger partial charge in [0.1, 0.15) is 0 Å². The van der Waals surface area contributed by atoms with Crippen molar-refractivity contribution in [2.45, 2.75) is 57.9 Å². The standard InChI is InChI=1S/C26H31N3O5/c1-3-22(30)28-20-7-4-6-19(14-20)24-23(25(31)27-15-21-8-5-13-33-21)29(26(32)34-24)16-18-11-9-17(2)10-12-18/h4,6-7,9-12,14,21,23-24H,3,5,8,13,15-16H2,1-2H3,(H,27,31)(H,28,30)/t21-,23-,24+/m1/s1. The molecule has 8 heteroatoms. The fraction of sp³-hybridized carbons (Fsp3) is 0.423. The van der Waals surface area contributed by atoms with Crippen LogP contribution >= 0.6 is 0 Å². The lowest BCUT2D eigenvalue weighted by atomic mass is 10.00. The van der Waals surface area contributed by atoms with Crippen molar-refractivity contribution in [3.63, 3.8) is 0 Å². The van der Waals surface area contributed by atoms with Crippen molar-refractivity contribution in [1.82, 2.24) is 10.2 Å². The van der Waals surface area contributed by atoms with Crippen molar-refractivity contribution in [3.05, 3.63) is 65.2 Å². The molecule has 0 unspecified atom stereocenters. The van der Waals surface area contributed by atoms with Gasteiger partial charge < -0.3 is 20.1 Å². The molecule has 180 valence electrons. The highest BCUT2D eigenvalue weighted by Gasteiger charge is 2.47. The zero-order chi connectivity index (χ0) is 24.1. The summed E-state index contributed by atoms with van der Waals surface area (Å²) in [6, 6.07) is 14.1. The molecule has 0 aromatic heterocycles. The van der Waals surface area contributed by atoms with E-state index in [0.717, 1.165) is 24.0 Å². The van der Waals surface area contributed by atoms with Gasteiger partial charge in [-0.15, -0.1) is 0 Å². The van der Waals surface area contributed by atoms with Crippen LogP contribution in [0.2, 0.25) is 0 Å². The Hall–Kier alpha value is -3.39. The Morgan fingerprint density at radius 3 is 2.65 bits per heavy atom. The van der Waals surface area contributed by atoms with E-state index in [1.54, 1.807) is 31.2 Å². The smallest absolute Gasteiger partial charge is 0.411 e. The molecule has 0 bridgehead atoms. The van der Waals surface area contributed by atoms with Crippen molar-refractivity contribution in [3.8, 4) is 0 Å². The highest BCUT2D eigenvalue weighted by Crippen LogP contribution is 2.35. The molecule has 4 rings (SSSR count). The molecule has 2 saturated heterocycles. The minimum atomic E-state index is -0.854. The number of benzene rings is 2. The van der Waals surface area contributed by atoms with Crippen molar-refractivity contribution in [1.29, 1.82) is 0 Å². The molecule has 2 aromatic rings. The Bertz CT molecular complexity index is 1030. The van der Waals surface area contributed by atoms with Crippen molar-refractivity contribution in [2.24, 2.45) is 0 Å². The van der Waals surface area contributed by atoms with E-state index in [1.165, 1.54) is 4.90 Å². The summed E-state index contributed by atoms with van der Waals surface area (Å²) >= 11 is 0. The number of nitrogens with one attached hydrogen (secondary N) is 2. The average Bonchev–Trinajstić information content (AvgIpc) is 3.47. The summed E-state index contributed by atoms with van der Waals surface area (Å²) in [4.78, 5) is 39.6. The number of carbonyl (C=O) groups is 3. The zero-order valence-electron chi connectivity index (χ0n) is 19.6. The predicted octanol–water partition coefficient (Wildman–Crippen LogP) is 3.70. The predicted molar refractivity (Wildman–Crippen MR) is 127 cm³/mol. The van der Waals surface area contributed by atoms with E-state index >= 15 is 0 Å². The maximum atomic E-state index is 13.4. The minimum absolute atomic E-state index is 0.0152. The van der Waals surface area contributed by atoms with Gasteiger partial charge in [-0.3, -0.25) is 14.5 Å². The van der Waals surface area contributed by atoms with Crippen LogP contribution in [0.25, 0.3) is 0 Å². The Morgan fingerprint density at radius 1 is 1.15 bits per heavy atom. The van der Waals surface area contributed by atoms with Crippen LogP contribution in [0.15, 0.2) is 48.5 Å². The molecule has 0 saturated carbocycles. The molecular weight excluding hydrogens is 434 g/mol. The van der Waals surface area contributed by atoms with Crippen LogP contribution in [-0.2, 0) is 25.6 Å². The Morgan fingerprint density at radius 2 is 1.94 bits per heavy atom. The molecule has 2 heterocycles. The summed E-state index contributed by atoms with van der Waals surface area (Å²) in [5, 5.41) is 5.78. The van der Waals surface area contributed by atoms with Crippen LogP contribution in [-0.4, -0.2) is 48.1 Å². The third-order valence-electron chi connectivity index (χ3n) is 6.17. The third-order valence-corrected chi connectivity index (χ3v) is 6.17. The number of rotatable bonds is 8. The maximum Gasteiger partial charge on any atom is 0.411 e. The highest BCUT2D eigenvalue weighted by atomic mass is 16.6. The number of amides is 3. The minimum Gasteiger partial charge on any atom is -0.438 e. The summed E-state index contributed by atoms with van der Waals surface area (Å²) in [7, 11) is 0. The molecule has 2 aliphatic heterocycles. The molecular formula is C26H31N3O5. The first-order valence-electron chi connectivity index (χ1n) is 11.8. The van der Waals surface area contributed by atoms with E-state index in [-0.39, 0.29) is 24.5 Å². The van der Waals surface area contributed by atoms with Gasteiger partial charge in [0.05, 0.1) is 12.6 Å². The van der Waals surface area contributed by atoms with Crippen LogP contribution in [0.5, 0.6) is 0 Å². The van der Waals surface area contributed by atoms with Crippen LogP contribution in [0.4, 0.5) is 10.5 Å². The van der Waals surface area contributed by atoms with E-state index in [4.69, 9.17) is 9.47 Å². The van der Waals surface area contributed by atoms with E-state index in [0.29, 0.717) is 30.8 Å². The Kier molecular flexibility index (Phi) is 7.47. The van der Waals surface area contributed by atoms with Gasteiger partial charge in [0.25, 0.3) is 0 Å². The molecule has 2 fully saturated rings. The van der Waals surface area contributed by atoms with E-state index < -0.39 is 18.2 Å².